The van der Waals surface area contributed by atoms with Crippen LogP contribution < -0.4 is 28.0 Å². The zero-order valence-corrected chi connectivity index (χ0v) is 43.6. The quantitative estimate of drug-likeness (QED) is 0.146. The predicted octanol–water partition coefficient (Wildman–Crippen LogP) is 9.58. The van der Waals surface area contributed by atoms with E-state index >= 15 is 0 Å². The van der Waals surface area contributed by atoms with Gasteiger partial charge >= 0.3 is 247 Å². The SMILES string of the molecule is Cc1cc(C)[c]([Ge][c]2c(C)cc(C)cc2C)c(C)c1.Cc1cc(C)[c]([Ge][c]2c(C)cc(C)cc2C)c(C)c1.Cc1cc(C)c([Si]c2c(C)cc(C)cc2C)c(C)c1. The Balaban J connectivity index is 0.000000189. The van der Waals surface area contributed by atoms with E-state index in [1.165, 1.54) is 111 Å². The molecule has 0 heterocycles. The van der Waals surface area contributed by atoms with E-state index in [4.69, 9.17) is 0 Å². The fourth-order valence-electron chi connectivity index (χ4n) is 8.64. The van der Waals surface area contributed by atoms with Crippen LogP contribution in [0.25, 0.3) is 0 Å². The van der Waals surface area contributed by atoms with Gasteiger partial charge in [0.15, 0.2) is 0 Å². The topological polar surface area (TPSA) is 0 Å². The zero-order chi connectivity index (χ0) is 42.5. The van der Waals surface area contributed by atoms with E-state index in [0.29, 0.717) is 0 Å². The summed E-state index contributed by atoms with van der Waals surface area (Å²) < 4.78 is 6.45. The van der Waals surface area contributed by atoms with E-state index < -0.39 is 0 Å². The number of hydrogen-bond acceptors (Lipinski definition) is 0. The molecule has 0 fully saturated rings. The zero-order valence-electron chi connectivity index (χ0n) is 38.4. The number of aryl methyl sites for hydroxylation is 18. The van der Waals surface area contributed by atoms with Gasteiger partial charge in [-0.1, -0.05) is 68.0 Å². The molecule has 57 heavy (non-hydrogen) atoms. The molecule has 6 aromatic rings. The van der Waals surface area contributed by atoms with E-state index in [9.17, 15) is 0 Å². The monoisotopic (exact) mass is 890 g/mol. The van der Waals surface area contributed by atoms with E-state index in [1.807, 2.05) is 0 Å². The van der Waals surface area contributed by atoms with Crippen LogP contribution in [0.2, 0.25) is 0 Å². The Kier molecular flexibility index (Phi) is 16.3. The normalized spacial score (nSPS) is 10.8. The summed E-state index contributed by atoms with van der Waals surface area (Å²) in [5, 5.41) is 3.03. The van der Waals surface area contributed by atoms with Crippen molar-refractivity contribution in [3.8, 4) is 0 Å². The number of hydrogen-bond donors (Lipinski definition) is 0. The first-order chi connectivity index (χ1) is 26.6. The van der Waals surface area contributed by atoms with Crippen molar-refractivity contribution < 1.29 is 0 Å². The van der Waals surface area contributed by atoms with Crippen LogP contribution in [0, 0.1) is 125 Å². The largest absolute Gasteiger partial charge is 0.122 e. The predicted molar refractivity (Wildman–Crippen MR) is 259 cm³/mol. The van der Waals surface area contributed by atoms with Crippen molar-refractivity contribution in [2.75, 3.05) is 0 Å². The van der Waals surface area contributed by atoms with Gasteiger partial charge in [0.2, 0.25) is 0 Å². The van der Waals surface area contributed by atoms with Crippen LogP contribution in [0.4, 0.5) is 0 Å². The Hall–Kier alpha value is -3.38. The van der Waals surface area contributed by atoms with Gasteiger partial charge in [-0.2, -0.15) is 0 Å². The summed E-state index contributed by atoms with van der Waals surface area (Å²) in [5.74, 6) is 0. The molecule has 0 atom stereocenters. The Labute approximate surface area is 363 Å². The summed E-state index contributed by atoms with van der Waals surface area (Å²) in [6.45, 7) is 40.1. The molecule has 0 N–H and O–H groups in total. The maximum atomic E-state index is 2.32. The smallest absolute Gasteiger partial charge is 0.0565 e. The molecule has 0 nitrogen and oxygen atoms in total. The number of benzene rings is 6. The summed E-state index contributed by atoms with van der Waals surface area (Å²) in [6.07, 6.45) is 0. The fraction of sp³-hybridized carbons (Fsp3) is 0.333. The average Bonchev–Trinajstić information content (AvgIpc) is 3.05. The molecule has 0 saturated heterocycles. The maximum Gasteiger partial charge on any atom is 0.122 e. The van der Waals surface area contributed by atoms with Crippen LogP contribution in [0.3, 0.4) is 0 Å². The van der Waals surface area contributed by atoms with Gasteiger partial charge in [-0.15, -0.1) is 0 Å². The molecule has 3 heteroatoms. The maximum absolute atomic E-state index is 2.32. The van der Waals surface area contributed by atoms with Gasteiger partial charge in [-0.25, -0.2) is 0 Å². The van der Waals surface area contributed by atoms with Crippen molar-refractivity contribution in [1.29, 1.82) is 0 Å². The molecule has 6 aromatic carbocycles. The van der Waals surface area contributed by atoms with Crippen LogP contribution in [0.5, 0.6) is 0 Å². The van der Waals surface area contributed by atoms with Gasteiger partial charge in [0.1, 0.15) is 9.52 Å². The third-order valence-corrected chi connectivity index (χ3v) is 21.6. The third kappa shape index (κ3) is 12.3. The Morgan fingerprint density at radius 1 is 0.228 bits per heavy atom. The van der Waals surface area contributed by atoms with Gasteiger partial charge in [-0.05, 0) is 41.5 Å². The molecule has 294 valence electrons. The first-order valence-electron chi connectivity index (χ1n) is 20.4. The molecule has 6 rings (SSSR count). The summed E-state index contributed by atoms with van der Waals surface area (Å²) in [7, 11) is 0.765. The van der Waals surface area contributed by atoms with Gasteiger partial charge in [0, 0.05) is 0 Å². The van der Waals surface area contributed by atoms with Crippen LogP contribution in [-0.2, 0) is 0 Å². The van der Waals surface area contributed by atoms with Crippen LogP contribution in [0.1, 0.15) is 100 Å². The molecule has 0 aliphatic heterocycles. The molecule has 0 bridgehead atoms. The summed E-state index contributed by atoms with van der Waals surface area (Å²) in [5.41, 5.74) is 25.7. The molecular formula is C54H66Ge2Si. The van der Waals surface area contributed by atoms with Crippen LogP contribution in [0.15, 0.2) is 72.8 Å². The molecule has 0 unspecified atom stereocenters. The van der Waals surface area contributed by atoms with Gasteiger partial charge in [-0.3, -0.25) is 0 Å². The molecule has 0 aliphatic rings. The standard InChI is InChI=1S/2C18H22Ge.C18H22Si/c3*1-11-7-13(3)17(14(4)8-11)19-18-15(5)9-12(2)10-16(18)6/h3*7-10H,1-6H3. The molecule has 0 spiro atoms. The second-order valence-corrected chi connectivity index (χ2v) is 23.5. The summed E-state index contributed by atoms with van der Waals surface area (Å²) >= 11 is -0.477. The molecule has 0 aliphatic carbocycles. The van der Waals surface area contributed by atoms with E-state index in [0.717, 1.165) is 9.52 Å². The molecular weight excluding hydrogens is 822 g/mol. The second-order valence-electron chi connectivity index (χ2n) is 17.0. The Morgan fingerprint density at radius 3 is 0.526 bits per heavy atom. The minimum absolute atomic E-state index is 0.239. The van der Waals surface area contributed by atoms with Crippen molar-refractivity contribution in [2.24, 2.45) is 0 Å². The van der Waals surface area contributed by atoms with Crippen LogP contribution >= 0.6 is 0 Å². The van der Waals surface area contributed by atoms with Gasteiger partial charge in [0.25, 0.3) is 0 Å². The van der Waals surface area contributed by atoms with E-state index in [2.05, 4.69) is 197 Å². The first kappa shape index (κ1) is 46.3. The third-order valence-electron chi connectivity index (χ3n) is 10.8. The first-order valence-corrected chi connectivity index (χ1v) is 25.6. The van der Waals surface area contributed by atoms with Gasteiger partial charge in [0.05, 0.1) is 0 Å². The van der Waals surface area contributed by atoms with Crippen molar-refractivity contribution >= 4 is 68.3 Å². The second kappa shape index (κ2) is 20.1. The van der Waals surface area contributed by atoms with Crippen LogP contribution in [-0.4, -0.2) is 40.4 Å². The minimum atomic E-state index is -0.239. The minimum Gasteiger partial charge on any atom is -0.0565 e. The number of rotatable bonds is 6. The van der Waals surface area contributed by atoms with Crippen molar-refractivity contribution in [3.05, 3.63) is 173 Å². The fourth-order valence-corrected chi connectivity index (χ4v) is 15.5. The van der Waals surface area contributed by atoms with E-state index in [1.54, 1.807) is 17.6 Å². The van der Waals surface area contributed by atoms with E-state index in [-0.39, 0.29) is 30.9 Å². The van der Waals surface area contributed by atoms with Crippen molar-refractivity contribution in [1.82, 2.24) is 0 Å². The van der Waals surface area contributed by atoms with Gasteiger partial charge < -0.3 is 0 Å². The summed E-state index contributed by atoms with van der Waals surface area (Å²) in [4.78, 5) is 0. The average molecular weight is 888 g/mol. The summed E-state index contributed by atoms with van der Waals surface area (Å²) in [6, 6.07) is 27.8. The molecule has 0 amide bonds. The molecule has 0 aromatic heterocycles. The van der Waals surface area contributed by atoms with Crippen molar-refractivity contribution in [2.45, 2.75) is 125 Å². The Morgan fingerprint density at radius 2 is 0.368 bits per heavy atom. The Bertz CT molecular complexity index is 1840. The molecule has 0 saturated carbocycles. The van der Waals surface area contributed by atoms with Crippen molar-refractivity contribution in [3.63, 3.8) is 0 Å². The molecule has 6 radical (unpaired) electrons.